The molecule has 0 radical (unpaired) electrons. The lowest BCUT2D eigenvalue weighted by Crippen LogP contribution is -2.63. The van der Waals surface area contributed by atoms with Crippen molar-refractivity contribution in [1.29, 1.82) is 0 Å². The molecule has 2 saturated heterocycles. The smallest absolute Gasteiger partial charge is 0.266 e. The third-order valence-corrected chi connectivity index (χ3v) is 9.34. The van der Waals surface area contributed by atoms with Crippen molar-refractivity contribution in [2.24, 2.45) is 5.92 Å². The number of hydrogen-bond acceptors (Lipinski definition) is 8. The minimum atomic E-state index is -4.06. The molecule has 3 rings (SSSR count). The largest absolute Gasteiger partial charge is 0.490 e. The topological polar surface area (TPSA) is 112 Å². The molecule has 10 nitrogen and oxygen atoms in total. The molecule has 1 amide bonds. The maximum Gasteiger partial charge on any atom is 0.266 e. The number of hydroxylamine groups is 1. The SMILES string of the molecule is COCCN1CCC(C(=O)NO)(S(=O)(=O)N2CCN(c3ccc(OCC(C)C)c(F)c3)CC2)CC1.Cl.Cl. The zero-order valence-electron chi connectivity index (χ0n) is 21.5. The third-order valence-electron chi connectivity index (χ3n) is 6.72. The van der Waals surface area contributed by atoms with Crippen molar-refractivity contribution in [1.82, 2.24) is 14.7 Å². The molecule has 37 heavy (non-hydrogen) atoms. The second kappa shape index (κ2) is 14.7. The molecule has 14 heteroatoms. The normalized spacial score (nSPS) is 18.6. The minimum Gasteiger partial charge on any atom is -0.490 e. The summed E-state index contributed by atoms with van der Waals surface area (Å²) in [6, 6.07) is 4.75. The van der Waals surface area contributed by atoms with Crippen molar-refractivity contribution >= 4 is 46.4 Å². The molecule has 0 atom stereocenters. The van der Waals surface area contributed by atoms with Crippen LogP contribution in [0.15, 0.2) is 18.2 Å². The van der Waals surface area contributed by atoms with E-state index in [0.717, 1.165) is 0 Å². The van der Waals surface area contributed by atoms with E-state index in [9.17, 15) is 22.8 Å². The van der Waals surface area contributed by atoms with E-state index in [0.29, 0.717) is 51.6 Å². The van der Waals surface area contributed by atoms with Gasteiger partial charge in [-0.15, -0.1) is 24.8 Å². The van der Waals surface area contributed by atoms with Crippen LogP contribution >= 0.6 is 24.8 Å². The molecule has 0 spiro atoms. The number of sulfonamides is 1. The van der Waals surface area contributed by atoms with Crippen LogP contribution in [0.4, 0.5) is 10.1 Å². The minimum absolute atomic E-state index is 0. The number of benzene rings is 1. The van der Waals surface area contributed by atoms with Crippen molar-refractivity contribution in [2.45, 2.75) is 31.4 Å². The van der Waals surface area contributed by atoms with Gasteiger partial charge in [-0.05, 0) is 30.9 Å². The molecule has 2 aliphatic rings. The first-order valence-corrected chi connectivity index (χ1v) is 13.4. The molecule has 0 unspecified atom stereocenters. The Morgan fingerprint density at radius 1 is 1.14 bits per heavy atom. The highest BCUT2D eigenvalue weighted by atomic mass is 35.5. The molecule has 0 bridgehead atoms. The predicted octanol–water partition coefficient (Wildman–Crippen LogP) is 2.14. The molecule has 214 valence electrons. The first-order valence-electron chi connectivity index (χ1n) is 12.0. The van der Waals surface area contributed by atoms with E-state index in [1.807, 2.05) is 23.6 Å². The highest BCUT2D eigenvalue weighted by Crippen LogP contribution is 2.35. The first kappa shape index (κ1) is 33.6. The van der Waals surface area contributed by atoms with Gasteiger partial charge in [0.25, 0.3) is 5.91 Å². The lowest BCUT2D eigenvalue weighted by Gasteiger charge is -2.44. The third kappa shape index (κ3) is 7.59. The van der Waals surface area contributed by atoms with Gasteiger partial charge in [-0.2, -0.15) is 4.31 Å². The van der Waals surface area contributed by atoms with E-state index in [1.165, 1.54) is 10.4 Å². The Bertz CT molecular complexity index is 972. The maximum atomic E-state index is 14.5. The lowest BCUT2D eigenvalue weighted by atomic mass is 9.95. The van der Waals surface area contributed by atoms with Crippen LogP contribution in [0.5, 0.6) is 5.75 Å². The highest BCUT2D eigenvalue weighted by Gasteiger charge is 2.55. The van der Waals surface area contributed by atoms with Crippen LogP contribution in [0, 0.1) is 11.7 Å². The molecule has 0 aromatic heterocycles. The Balaban J connectivity index is 0.00000342. The Labute approximate surface area is 231 Å². The van der Waals surface area contributed by atoms with E-state index >= 15 is 0 Å². The fourth-order valence-electron chi connectivity index (χ4n) is 4.56. The van der Waals surface area contributed by atoms with E-state index in [2.05, 4.69) is 0 Å². The Hall–Kier alpha value is -1.41. The van der Waals surface area contributed by atoms with Crippen molar-refractivity contribution < 1.29 is 32.3 Å². The van der Waals surface area contributed by atoms with Gasteiger partial charge in [0, 0.05) is 64.7 Å². The first-order chi connectivity index (χ1) is 16.6. The number of anilines is 1. The van der Waals surface area contributed by atoms with Crippen molar-refractivity contribution in [3.05, 3.63) is 24.0 Å². The monoisotopic (exact) mass is 588 g/mol. The van der Waals surface area contributed by atoms with Gasteiger partial charge < -0.3 is 19.3 Å². The molecule has 2 fully saturated rings. The van der Waals surface area contributed by atoms with Crippen LogP contribution < -0.4 is 15.1 Å². The van der Waals surface area contributed by atoms with E-state index in [1.54, 1.807) is 24.7 Å². The summed E-state index contributed by atoms with van der Waals surface area (Å²) in [5.74, 6) is -0.891. The molecular weight excluding hydrogens is 550 g/mol. The fourth-order valence-corrected chi connectivity index (χ4v) is 6.67. The number of carbonyl (C=O) groups is 1. The van der Waals surface area contributed by atoms with Crippen LogP contribution in [-0.2, 0) is 19.6 Å². The number of nitrogens with zero attached hydrogens (tertiary/aromatic N) is 3. The summed E-state index contributed by atoms with van der Waals surface area (Å²) in [6.45, 7) is 7.36. The summed E-state index contributed by atoms with van der Waals surface area (Å²) in [6.07, 6.45) is 0.156. The van der Waals surface area contributed by atoms with Gasteiger partial charge in [0.2, 0.25) is 10.0 Å². The number of methoxy groups -OCH3 is 1. The number of halogens is 3. The molecule has 1 aromatic rings. The summed E-state index contributed by atoms with van der Waals surface area (Å²) >= 11 is 0. The number of piperazine rings is 1. The number of likely N-dealkylation sites (tertiary alicyclic amines) is 1. The van der Waals surface area contributed by atoms with E-state index in [-0.39, 0.29) is 62.4 Å². The Morgan fingerprint density at radius 3 is 2.27 bits per heavy atom. The predicted molar refractivity (Wildman–Crippen MR) is 144 cm³/mol. The lowest BCUT2D eigenvalue weighted by molar-refractivity contribution is -0.133. The molecule has 2 N–H and O–H groups in total. The van der Waals surface area contributed by atoms with Gasteiger partial charge >= 0.3 is 0 Å². The summed E-state index contributed by atoms with van der Waals surface area (Å²) in [4.78, 5) is 16.6. The number of ether oxygens (including phenoxy) is 2. The van der Waals surface area contributed by atoms with E-state index in [4.69, 9.17) is 9.47 Å². The van der Waals surface area contributed by atoms with Gasteiger partial charge in [0.15, 0.2) is 16.3 Å². The van der Waals surface area contributed by atoms with Crippen molar-refractivity contribution in [2.75, 3.05) is 71.0 Å². The molecule has 0 aliphatic carbocycles. The number of rotatable bonds is 10. The number of carbonyl (C=O) groups excluding carboxylic acids is 1. The molecule has 2 aliphatic heterocycles. The second-order valence-corrected chi connectivity index (χ2v) is 11.7. The fraction of sp³-hybridized carbons (Fsp3) is 0.696. The Morgan fingerprint density at radius 2 is 1.76 bits per heavy atom. The van der Waals surface area contributed by atoms with Crippen LogP contribution in [-0.4, -0.2) is 99.6 Å². The van der Waals surface area contributed by atoms with Crippen molar-refractivity contribution in [3.63, 3.8) is 0 Å². The van der Waals surface area contributed by atoms with Gasteiger partial charge in [0.05, 0.1) is 13.2 Å². The standard InChI is InChI=1S/C23H37FN4O6S.2ClH/c1-18(2)17-34-21-5-4-19(16-20(21)24)27-10-12-28(13-11-27)35(31,32)23(22(29)25-30)6-8-26(9-7-23)14-15-33-3;;/h4-5,16,18,30H,6-15,17H2,1-3H3,(H,25,29);2*1H. The number of nitrogens with one attached hydrogen (secondary N) is 1. The number of hydrogen-bond donors (Lipinski definition) is 2. The van der Waals surface area contributed by atoms with Crippen molar-refractivity contribution in [3.8, 4) is 5.75 Å². The maximum absolute atomic E-state index is 14.5. The zero-order chi connectivity index (χ0) is 25.6. The molecule has 1 aromatic carbocycles. The van der Waals surface area contributed by atoms with Gasteiger partial charge in [-0.25, -0.2) is 18.3 Å². The van der Waals surface area contributed by atoms with Crippen LogP contribution in [0.3, 0.4) is 0 Å². The summed E-state index contributed by atoms with van der Waals surface area (Å²) in [5, 5.41) is 9.36. The van der Waals surface area contributed by atoms with Gasteiger partial charge in [-0.1, -0.05) is 13.8 Å². The average molecular weight is 590 g/mol. The highest BCUT2D eigenvalue weighted by molar-refractivity contribution is 7.91. The Kier molecular flexibility index (Phi) is 13.3. The number of amides is 1. The quantitative estimate of drug-likeness (QED) is 0.316. The van der Waals surface area contributed by atoms with Crippen LogP contribution in [0.25, 0.3) is 0 Å². The summed E-state index contributed by atoms with van der Waals surface area (Å²) < 4.78 is 52.0. The van der Waals surface area contributed by atoms with Gasteiger partial charge in [0.1, 0.15) is 0 Å². The summed E-state index contributed by atoms with van der Waals surface area (Å²) in [5.41, 5.74) is 2.23. The average Bonchev–Trinajstić information content (AvgIpc) is 2.86. The number of piperidine rings is 1. The van der Waals surface area contributed by atoms with E-state index < -0.39 is 26.5 Å². The second-order valence-electron chi connectivity index (χ2n) is 9.48. The molecule has 0 saturated carbocycles. The van der Waals surface area contributed by atoms with Crippen LogP contribution in [0.1, 0.15) is 26.7 Å². The summed E-state index contributed by atoms with van der Waals surface area (Å²) in [7, 11) is -2.46. The zero-order valence-corrected chi connectivity index (χ0v) is 24.0. The van der Waals surface area contributed by atoms with Crippen LogP contribution in [0.2, 0.25) is 0 Å². The molecular formula is C23H39Cl2FN4O6S. The van der Waals surface area contributed by atoms with Gasteiger partial charge in [-0.3, -0.25) is 10.0 Å². The molecule has 2 heterocycles.